The Hall–Kier alpha value is -1.96. The predicted molar refractivity (Wildman–Crippen MR) is 90.2 cm³/mol. The first-order valence-electron chi connectivity index (χ1n) is 7.81. The van der Waals surface area contributed by atoms with E-state index >= 15 is 0 Å². The topological polar surface area (TPSA) is 21.3 Å². The highest BCUT2D eigenvalue weighted by molar-refractivity contribution is 5.46. The fourth-order valence-electron chi connectivity index (χ4n) is 2.27. The van der Waals surface area contributed by atoms with Gasteiger partial charge in [0.25, 0.3) is 0 Å². The van der Waals surface area contributed by atoms with Crippen molar-refractivity contribution in [2.45, 2.75) is 32.6 Å². The van der Waals surface area contributed by atoms with Crippen molar-refractivity contribution in [3.63, 3.8) is 0 Å². The first kappa shape index (κ1) is 15.4. The van der Waals surface area contributed by atoms with Crippen molar-refractivity contribution in [1.82, 2.24) is 0 Å². The third-order valence-corrected chi connectivity index (χ3v) is 3.60. The molecule has 0 radical (unpaired) electrons. The quantitative estimate of drug-likeness (QED) is 0.729. The van der Waals surface area contributed by atoms with E-state index in [2.05, 4.69) is 61.6 Å². The lowest BCUT2D eigenvalue weighted by Gasteiger charge is -2.13. The van der Waals surface area contributed by atoms with Crippen molar-refractivity contribution in [3.05, 3.63) is 60.2 Å². The molecule has 0 heterocycles. The lowest BCUT2D eigenvalue weighted by molar-refractivity contribution is 0.317. The molecule has 2 nitrogen and oxygen atoms in total. The Kier molecular flexibility index (Phi) is 6.14. The third-order valence-electron chi connectivity index (χ3n) is 3.60. The second kappa shape index (κ2) is 8.35. The first-order chi connectivity index (χ1) is 10.3. The number of hydrogen-bond donors (Lipinski definition) is 1. The van der Waals surface area contributed by atoms with E-state index in [-0.39, 0.29) is 0 Å². The number of hydrogen-bond acceptors (Lipinski definition) is 2. The Morgan fingerprint density at radius 2 is 1.71 bits per heavy atom. The largest absolute Gasteiger partial charge is 0.494 e. The second-order valence-corrected chi connectivity index (χ2v) is 5.40. The van der Waals surface area contributed by atoms with Crippen LogP contribution in [0.4, 0.5) is 5.69 Å². The van der Waals surface area contributed by atoms with Crippen molar-refractivity contribution >= 4 is 5.69 Å². The summed E-state index contributed by atoms with van der Waals surface area (Å²) in [7, 11) is 0. The van der Waals surface area contributed by atoms with Crippen LogP contribution in [0, 0.1) is 0 Å². The van der Waals surface area contributed by atoms with Crippen molar-refractivity contribution < 1.29 is 4.74 Å². The van der Waals surface area contributed by atoms with Crippen LogP contribution in [0.15, 0.2) is 54.6 Å². The third kappa shape index (κ3) is 5.14. The van der Waals surface area contributed by atoms with Gasteiger partial charge in [-0.25, -0.2) is 0 Å². The molecular formula is C19H25NO. The smallest absolute Gasteiger partial charge is 0.119 e. The van der Waals surface area contributed by atoms with E-state index in [1.807, 2.05) is 12.1 Å². The van der Waals surface area contributed by atoms with Crippen LogP contribution in [-0.2, 0) is 0 Å². The molecule has 0 aliphatic heterocycles. The number of anilines is 1. The van der Waals surface area contributed by atoms with E-state index in [0.29, 0.717) is 5.92 Å². The monoisotopic (exact) mass is 283 g/mol. The van der Waals surface area contributed by atoms with Crippen LogP contribution in [0.2, 0.25) is 0 Å². The average molecular weight is 283 g/mol. The van der Waals surface area contributed by atoms with Gasteiger partial charge >= 0.3 is 0 Å². The Morgan fingerprint density at radius 3 is 2.38 bits per heavy atom. The normalized spacial score (nSPS) is 11.9. The van der Waals surface area contributed by atoms with Crippen LogP contribution in [0.25, 0.3) is 0 Å². The van der Waals surface area contributed by atoms with Crippen LogP contribution >= 0.6 is 0 Å². The summed E-state index contributed by atoms with van der Waals surface area (Å²) in [6, 6.07) is 18.9. The minimum atomic E-state index is 0.575. The van der Waals surface area contributed by atoms with Crippen LogP contribution in [-0.4, -0.2) is 13.2 Å². The maximum atomic E-state index is 5.58. The molecule has 0 aromatic heterocycles. The van der Waals surface area contributed by atoms with Crippen LogP contribution in [0.1, 0.15) is 38.2 Å². The summed E-state index contributed by atoms with van der Waals surface area (Å²) in [4.78, 5) is 0. The van der Waals surface area contributed by atoms with Gasteiger partial charge in [0.15, 0.2) is 0 Å². The minimum Gasteiger partial charge on any atom is -0.494 e. The molecule has 21 heavy (non-hydrogen) atoms. The van der Waals surface area contributed by atoms with Crippen LogP contribution in [0.5, 0.6) is 5.75 Å². The van der Waals surface area contributed by atoms with E-state index in [9.17, 15) is 0 Å². The molecule has 0 amide bonds. The maximum Gasteiger partial charge on any atom is 0.119 e. The van der Waals surface area contributed by atoms with E-state index in [1.54, 1.807) is 0 Å². The molecule has 0 saturated heterocycles. The highest BCUT2D eigenvalue weighted by Gasteiger charge is 2.04. The van der Waals surface area contributed by atoms with E-state index in [1.165, 1.54) is 5.56 Å². The highest BCUT2D eigenvalue weighted by Crippen LogP contribution is 2.20. The summed E-state index contributed by atoms with van der Waals surface area (Å²) < 4.78 is 5.58. The average Bonchev–Trinajstić information content (AvgIpc) is 2.55. The van der Waals surface area contributed by atoms with E-state index in [4.69, 9.17) is 4.74 Å². The van der Waals surface area contributed by atoms with Crippen molar-refractivity contribution in [1.29, 1.82) is 0 Å². The molecule has 2 heteroatoms. The van der Waals surface area contributed by atoms with Gasteiger partial charge in [-0.15, -0.1) is 0 Å². The molecule has 0 aliphatic carbocycles. The highest BCUT2D eigenvalue weighted by atomic mass is 16.5. The van der Waals surface area contributed by atoms with Gasteiger partial charge < -0.3 is 10.1 Å². The molecule has 1 N–H and O–H groups in total. The molecule has 0 spiro atoms. The van der Waals surface area contributed by atoms with Crippen molar-refractivity contribution in [3.8, 4) is 5.75 Å². The molecular weight excluding hydrogens is 258 g/mol. The molecule has 0 bridgehead atoms. The molecule has 2 rings (SSSR count). The zero-order chi connectivity index (χ0) is 14.9. The summed E-state index contributed by atoms with van der Waals surface area (Å²) in [6.45, 7) is 6.15. The number of benzene rings is 2. The van der Waals surface area contributed by atoms with Gasteiger partial charge in [-0.05, 0) is 48.6 Å². The molecule has 0 aliphatic rings. The van der Waals surface area contributed by atoms with Crippen molar-refractivity contribution in [2.75, 3.05) is 18.5 Å². The predicted octanol–water partition coefficient (Wildman–Crippen LogP) is 5.08. The van der Waals surface area contributed by atoms with Crippen molar-refractivity contribution in [2.24, 2.45) is 0 Å². The summed E-state index contributed by atoms with van der Waals surface area (Å²) in [5.74, 6) is 1.52. The second-order valence-electron chi connectivity index (χ2n) is 5.40. The molecule has 1 atom stereocenters. The maximum absolute atomic E-state index is 5.58. The van der Waals surface area contributed by atoms with Gasteiger partial charge in [0.2, 0.25) is 0 Å². The summed E-state index contributed by atoms with van der Waals surface area (Å²) >= 11 is 0. The Morgan fingerprint density at radius 1 is 1.00 bits per heavy atom. The van der Waals surface area contributed by atoms with Gasteiger partial charge in [0, 0.05) is 12.2 Å². The van der Waals surface area contributed by atoms with E-state index in [0.717, 1.165) is 37.4 Å². The summed E-state index contributed by atoms with van der Waals surface area (Å²) in [5, 5.41) is 3.47. The lowest BCUT2D eigenvalue weighted by atomic mass is 9.98. The SMILES string of the molecule is CCCOc1ccc(NCCC(C)c2ccccc2)cc1. The molecule has 1 unspecified atom stereocenters. The van der Waals surface area contributed by atoms with Gasteiger partial charge in [-0.1, -0.05) is 44.2 Å². The standard InChI is InChI=1S/C19H25NO/c1-3-15-21-19-11-9-18(10-12-19)20-14-13-16(2)17-7-5-4-6-8-17/h4-12,16,20H,3,13-15H2,1-2H3. The molecule has 2 aromatic rings. The molecule has 2 aromatic carbocycles. The zero-order valence-corrected chi connectivity index (χ0v) is 13.0. The van der Waals surface area contributed by atoms with Gasteiger partial charge in [-0.3, -0.25) is 0 Å². The Labute approximate surface area is 128 Å². The van der Waals surface area contributed by atoms with Gasteiger partial charge in [0.05, 0.1) is 6.61 Å². The fourth-order valence-corrected chi connectivity index (χ4v) is 2.27. The molecule has 112 valence electrons. The minimum absolute atomic E-state index is 0.575. The molecule has 0 fully saturated rings. The zero-order valence-electron chi connectivity index (χ0n) is 13.0. The number of rotatable bonds is 8. The lowest BCUT2D eigenvalue weighted by Crippen LogP contribution is -2.06. The summed E-state index contributed by atoms with van der Waals surface area (Å²) in [6.07, 6.45) is 2.16. The van der Waals surface area contributed by atoms with E-state index < -0.39 is 0 Å². The number of ether oxygens (including phenoxy) is 1. The fraction of sp³-hybridized carbons (Fsp3) is 0.368. The van der Waals surface area contributed by atoms with Crippen LogP contribution < -0.4 is 10.1 Å². The van der Waals surface area contributed by atoms with Gasteiger partial charge in [-0.2, -0.15) is 0 Å². The number of nitrogens with one attached hydrogen (secondary N) is 1. The Balaban J connectivity index is 1.75. The first-order valence-corrected chi connectivity index (χ1v) is 7.81. The Bertz CT molecular complexity index is 507. The molecule has 0 saturated carbocycles. The van der Waals surface area contributed by atoms with Crippen LogP contribution in [0.3, 0.4) is 0 Å². The van der Waals surface area contributed by atoms with Gasteiger partial charge in [0.1, 0.15) is 5.75 Å². The summed E-state index contributed by atoms with van der Waals surface area (Å²) in [5.41, 5.74) is 2.56.